The summed E-state index contributed by atoms with van der Waals surface area (Å²) in [6.45, 7) is 14.8. The molecule has 0 atom stereocenters. The van der Waals surface area contributed by atoms with Crippen LogP contribution in [0.4, 0.5) is 0 Å². The predicted octanol–water partition coefficient (Wildman–Crippen LogP) is 4.28. The summed E-state index contributed by atoms with van der Waals surface area (Å²) >= 11 is 0. The van der Waals surface area contributed by atoms with E-state index < -0.39 is 0 Å². The molecule has 0 unspecified atom stereocenters. The maximum atomic E-state index is 11.1. The lowest BCUT2D eigenvalue weighted by Crippen LogP contribution is -2.44. The maximum absolute atomic E-state index is 11.1. The van der Waals surface area contributed by atoms with Crippen molar-refractivity contribution in [3.63, 3.8) is 0 Å². The first-order chi connectivity index (χ1) is 14.9. The van der Waals surface area contributed by atoms with Crippen LogP contribution in [0, 0.1) is 0 Å². The van der Waals surface area contributed by atoms with E-state index in [4.69, 9.17) is 4.74 Å². The molecule has 1 aliphatic heterocycles. The van der Waals surface area contributed by atoms with Crippen molar-refractivity contribution in [1.82, 2.24) is 9.80 Å². The Morgan fingerprint density at radius 2 is 2.00 bits per heavy atom. The van der Waals surface area contributed by atoms with E-state index >= 15 is 0 Å². The van der Waals surface area contributed by atoms with Crippen LogP contribution < -0.4 is 4.74 Å². The zero-order valence-corrected chi connectivity index (χ0v) is 19.2. The summed E-state index contributed by atoms with van der Waals surface area (Å²) in [6, 6.07) is 5.58. The van der Waals surface area contributed by atoms with Gasteiger partial charge in [0.05, 0.1) is 12.8 Å². The number of carbonyl (C=O) groups excluding carboxylic acids is 1. The van der Waals surface area contributed by atoms with Gasteiger partial charge in [0.2, 0.25) is 0 Å². The molecule has 0 bridgehead atoms. The Balaban J connectivity index is 2.04. The molecule has 0 aromatic heterocycles. The van der Waals surface area contributed by atoms with Gasteiger partial charge in [0, 0.05) is 42.7 Å². The molecular formula is C25H35N3O3. The second-order valence-corrected chi connectivity index (χ2v) is 7.65. The Morgan fingerprint density at radius 1 is 1.32 bits per heavy atom. The van der Waals surface area contributed by atoms with Crippen molar-refractivity contribution in [3.05, 3.63) is 53.8 Å². The molecule has 2 rings (SSSR count). The minimum atomic E-state index is 0.000699. The number of methoxy groups -OCH3 is 1. The van der Waals surface area contributed by atoms with Crippen LogP contribution in [0.25, 0.3) is 5.70 Å². The maximum Gasteiger partial charge on any atom is 0.160 e. The van der Waals surface area contributed by atoms with Crippen LogP contribution in [-0.4, -0.2) is 66.7 Å². The van der Waals surface area contributed by atoms with E-state index in [1.165, 1.54) is 19.3 Å². The Bertz CT molecular complexity index is 846. The quantitative estimate of drug-likeness (QED) is 0.262. The lowest BCUT2D eigenvalue weighted by Gasteiger charge is -2.39. The number of likely N-dealkylation sites (tertiary alicyclic amines) is 1. The van der Waals surface area contributed by atoms with Gasteiger partial charge < -0.3 is 19.6 Å². The number of ether oxygens (including phenoxy) is 1. The van der Waals surface area contributed by atoms with Crippen LogP contribution in [0.1, 0.15) is 39.2 Å². The second-order valence-electron chi connectivity index (χ2n) is 7.65. The lowest BCUT2D eigenvalue weighted by molar-refractivity contribution is -0.104. The number of phenols is 1. The molecule has 0 saturated carbocycles. The summed E-state index contributed by atoms with van der Waals surface area (Å²) in [6.07, 6.45) is 8.09. The van der Waals surface area contributed by atoms with Gasteiger partial charge in [-0.25, -0.2) is 0 Å². The van der Waals surface area contributed by atoms with Gasteiger partial charge >= 0.3 is 0 Å². The Hall–Kier alpha value is -2.86. The molecule has 168 valence electrons. The summed E-state index contributed by atoms with van der Waals surface area (Å²) in [5.41, 5.74) is 3.01. The Labute approximate surface area is 186 Å². The number of carbonyl (C=O) groups is 1. The van der Waals surface area contributed by atoms with E-state index in [1.54, 1.807) is 18.3 Å². The molecule has 1 aromatic rings. The number of nitrogens with zero attached hydrogens (tertiary/aromatic N) is 3. The number of aliphatic imine (C=N–C) groups is 1. The van der Waals surface area contributed by atoms with Crippen molar-refractivity contribution in [1.29, 1.82) is 0 Å². The first kappa shape index (κ1) is 24.4. The third-order valence-electron chi connectivity index (χ3n) is 5.70. The van der Waals surface area contributed by atoms with Crippen LogP contribution >= 0.6 is 0 Å². The highest BCUT2D eigenvalue weighted by molar-refractivity contribution is 5.89. The first-order valence-electron chi connectivity index (χ1n) is 10.9. The van der Waals surface area contributed by atoms with Crippen molar-refractivity contribution in [3.8, 4) is 11.5 Å². The van der Waals surface area contributed by atoms with E-state index in [0.717, 1.165) is 50.3 Å². The standard InChI is InChI=1S/C25H35N3O3/c1-6-27(7-2)22-10-13-28(14-11-22)20(4)16-19(3)18-26-23(12-15-29)21-8-9-25(31-5)24(30)17-21/h8-9,12,15-18,22,30H,4,6-7,10-11,13-14H2,1-3,5H3/b19-16-,23-12-,26-18+. The minimum Gasteiger partial charge on any atom is -0.504 e. The third-order valence-corrected chi connectivity index (χ3v) is 5.70. The summed E-state index contributed by atoms with van der Waals surface area (Å²) < 4.78 is 5.07. The highest BCUT2D eigenvalue weighted by Gasteiger charge is 2.22. The van der Waals surface area contributed by atoms with Gasteiger partial charge in [0.15, 0.2) is 11.5 Å². The average Bonchev–Trinajstić information content (AvgIpc) is 2.77. The lowest BCUT2D eigenvalue weighted by atomic mass is 10.0. The number of rotatable bonds is 10. The fourth-order valence-corrected chi connectivity index (χ4v) is 3.95. The Kier molecular flexibility index (Phi) is 9.53. The zero-order chi connectivity index (χ0) is 22.8. The van der Waals surface area contributed by atoms with Crippen LogP contribution in [0.15, 0.2) is 53.2 Å². The Morgan fingerprint density at radius 3 is 2.55 bits per heavy atom. The largest absolute Gasteiger partial charge is 0.504 e. The first-order valence-corrected chi connectivity index (χ1v) is 10.9. The van der Waals surface area contributed by atoms with E-state index in [1.807, 2.05) is 13.0 Å². The number of phenolic OH excluding ortho intramolecular Hbond substituents is 1. The van der Waals surface area contributed by atoms with E-state index in [2.05, 4.69) is 35.2 Å². The van der Waals surface area contributed by atoms with Crippen molar-refractivity contribution in [2.75, 3.05) is 33.3 Å². The minimum absolute atomic E-state index is 0.000699. The smallest absolute Gasteiger partial charge is 0.160 e. The average molecular weight is 426 g/mol. The summed E-state index contributed by atoms with van der Waals surface area (Å²) in [7, 11) is 1.49. The summed E-state index contributed by atoms with van der Waals surface area (Å²) in [5.74, 6) is 0.371. The van der Waals surface area contributed by atoms with Crippen LogP contribution in [0.2, 0.25) is 0 Å². The van der Waals surface area contributed by atoms with Gasteiger partial charge in [-0.15, -0.1) is 0 Å². The van der Waals surface area contributed by atoms with E-state index in [9.17, 15) is 9.90 Å². The molecule has 1 heterocycles. The number of piperidine rings is 1. The van der Waals surface area contributed by atoms with Gasteiger partial charge in [-0.3, -0.25) is 9.79 Å². The molecule has 1 saturated heterocycles. The van der Waals surface area contributed by atoms with Crippen molar-refractivity contribution in [2.24, 2.45) is 4.99 Å². The molecule has 6 nitrogen and oxygen atoms in total. The molecular weight excluding hydrogens is 390 g/mol. The number of hydrogen-bond acceptors (Lipinski definition) is 6. The van der Waals surface area contributed by atoms with E-state index in [-0.39, 0.29) is 5.75 Å². The van der Waals surface area contributed by atoms with Gasteiger partial charge in [-0.2, -0.15) is 0 Å². The molecule has 0 aliphatic carbocycles. The molecule has 0 amide bonds. The van der Waals surface area contributed by atoms with Gasteiger partial charge in [0.1, 0.15) is 6.29 Å². The highest BCUT2D eigenvalue weighted by atomic mass is 16.5. The van der Waals surface area contributed by atoms with Crippen LogP contribution in [0.5, 0.6) is 11.5 Å². The van der Waals surface area contributed by atoms with E-state index in [0.29, 0.717) is 29.3 Å². The van der Waals surface area contributed by atoms with Crippen molar-refractivity contribution < 1.29 is 14.6 Å². The molecule has 0 spiro atoms. The molecule has 6 heteroatoms. The third kappa shape index (κ3) is 6.82. The molecule has 1 fully saturated rings. The SMILES string of the molecule is C=C(\C=C(C)/C=N/C(=C\C=O)c1ccc(OC)c(O)c1)N1CCC(N(CC)CC)CC1. The summed E-state index contributed by atoms with van der Waals surface area (Å²) in [4.78, 5) is 20.4. The van der Waals surface area contributed by atoms with Crippen LogP contribution in [-0.2, 0) is 4.79 Å². The van der Waals surface area contributed by atoms with Gasteiger partial charge in [-0.05, 0) is 62.7 Å². The van der Waals surface area contributed by atoms with Crippen molar-refractivity contribution in [2.45, 2.75) is 39.7 Å². The second kappa shape index (κ2) is 12.1. The highest BCUT2D eigenvalue weighted by Crippen LogP contribution is 2.29. The summed E-state index contributed by atoms with van der Waals surface area (Å²) in [5, 5.41) is 10.0. The number of benzene rings is 1. The fourth-order valence-electron chi connectivity index (χ4n) is 3.95. The van der Waals surface area contributed by atoms with Gasteiger partial charge in [-0.1, -0.05) is 20.4 Å². The number of hydrogen-bond donors (Lipinski definition) is 1. The fraction of sp³-hybridized carbons (Fsp3) is 0.440. The number of aromatic hydroxyl groups is 1. The normalized spacial score (nSPS) is 16.2. The number of aldehydes is 1. The molecule has 1 N–H and O–H groups in total. The monoisotopic (exact) mass is 425 g/mol. The molecule has 1 aromatic carbocycles. The molecule has 1 aliphatic rings. The topological polar surface area (TPSA) is 65.4 Å². The van der Waals surface area contributed by atoms with Crippen LogP contribution in [0.3, 0.4) is 0 Å². The number of allylic oxidation sites excluding steroid dienone is 3. The van der Waals surface area contributed by atoms with Gasteiger partial charge in [0.25, 0.3) is 0 Å². The van der Waals surface area contributed by atoms with Crippen molar-refractivity contribution >= 4 is 18.2 Å². The zero-order valence-electron chi connectivity index (χ0n) is 19.2. The molecule has 0 radical (unpaired) electrons. The predicted molar refractivity (Wildman–Crippen MR) is 128 cm³/mol. The molecule has 31 heavy (non-hydrogen) atoms.